The van der Waals surface area contributed by atoms with Gasteiger partial charge in [-0.15, -0.1) is 0 Å². The number of hydrogen-bond donors (Lipinski definition) is 1. The molecule has 0 radical (unpaired) electrons. The smallest absolute Gasteiger partial charge is 0.161 e. The highest BCUT2D eigenvalue weighted by Gasteiger charge is 2.40. The summed E-state index contributed by atoms with van der Waals surface area (Å²) in [6.45, 7) is 7.19. The lowest BCUT2D eigenvalue weighted by molar-refractivity contribution is 0.160. The Kier molecular flexibility index (Phi) is 4.69. The molecule has 1 N–H and O–H groups in total. The van der Waals surface area contributed by atoms with Crippen molar-refractivity contribution in [2.75, 3.05) is 19.8 Å². The molecule has 2 aliphatic rings. The lowest BCUT2D eigenvalue weighted by atomic mass is 9.65. The zero-order valence-electron chi connectivity index (χ0n) is 13.2. The Hall–Kier alpha value is -1.22. The minimum absolute atomic E-state index is 0.668. The molecule has 0 aromatic heterocycles. The van der Waals surface area contributed by atoms with Crippen molar-refractivity contribution >= 4 is 0 Å². The molecule has 1 aromatic rings. The van der Waals surface area contributed by atoms with Gasteiger partial charge in [-0.3, -0.25) is 0 Å². The first-order chi connectivity index (χ1) is 10.3. The van der Waals surface area contributed by atoms with Gasteiger partial charge < -0.3 is 14.8 Å². The van der Waals surface area contributed by atoms with Gasteiger partial charge in [0.25, 0.3) is 0 Å². The van der Waals surface area contributed by atoms with Crippen LogP contribution >= 0.6 is 0 Å². The maximum absolute atomic E-state index is 5.83. The van der Waals surface area contributed by atoms with E-state index in [1.54, 1.807) is 0 Å². The summed E-state index contributed by atoms with van der Waals surface area (Å²) in [4.78, 5) is 0. The summed E-state index contributed by atoms with van der Waals surface area (Å²) in [5, 5.41) is 3.69. The van der Waals surface area contributed by atoms with Crippen LogP contribution in [0.3, 0.4) is 0 Å². The summed E-state index contributed by atoms with van der Waals surface area (Å²) in [7, 11) is 0. The fourth-order valence-corrected chi connectivity index (χ4v) is 3.64. The predicted octanol–water partition coefficient (Wildman–Crippen LogP) is 3.73. The molecule has 3 nitrogen and oxygen atoms in total. The van der Waals surface area contributed by atoms with E-state index in [1.807, 2.05) is 0 Å². The Morgan fingerprint density at radius 3 is 2.71 bits per heavy atom. The van der Waals surface area contributed by atoms with Gasteiger partial charge in [0.15, 0.2) is 11.5 Å². The van der Waals surface area contributed by atoms with Gasteiger partial charge >= 0.3 is 0 Å². The van der Waals surface area contributed by atoms with Crippen molar-refractivity contribution in [2.45, 2.75) is 51.5 Å². The highest BCUT2D eigenvalue weighted by Crippen LogP contribution is 2.46. The lowest BCUT2D eigenvalue weighted by Gasteiger charge is -2.45. The summed E-state index contributed by atoms with van der Waals surface area (Å²) in [6, 6.07) is 7.23. The molecule has 21 heavy (non-hydrogen) atoms. The third kappa shape index (κ3) is 3.03. The second-order valence-electron chi connectivity index (χ2n) is 6.23. The average molecular weight is 289 g/mol. The highest BCUT2D eigenvalue weighted by atomic mass is 16.5. The van der Waals surface area contributed by atoms with Crippen LogP contribution < -0.4 is 14.8 Å². The lowest BCUT2D eigenvalue weighted by Crippen LogP contribution is -2.49. The Balaban J connectivity index is 1.71. The first-order valence-electron chi connectivity index (χ1n) is 8.46. The fraction of sp³-hybridized carbons (Fsp3) is 0.667. The van der Waals surface area contributed by atoms with Crippen LogP contribution in [0.4, 0.5) is 0 Å². The van der Waals surface area contributed by atoms with Gasteiger partial charge in [0.05, 0.1) is 13.2 Å². The molecule has 3 unspecified atom stereocenters. The quantitative estimate of drug-likeness (QED) is 0.896. The van der Waals surface area contributed by atoms with Crippen LogP contribution in [-0.2, 0) is 0 Å². The van der Waals surface area contributed by atoms with E-state index in [0.717, 1.165) is 43.6 Å². The van der Waals surface area contributed by atoms with Crippen LogP contribution in [0.1, 0.15) is 51.0 Å². The molecule has 1 heterocycles. The third-order valence-electron chi connectivity index (χ3n) is 4.87. The van der Waals surface area contributed by atoms with E-state index in [4.69, 9.17) is 9.47 Å². The molecule has 1 aliphatic carbocycles. The summed E-state index contributed by atoms with van der Waals surface area (Å²) < 4.78 is 11.6. The van der Waals surface area contributed by atoms with Gasteiger partial charge in [-0.25, -0.2) is 0 Å². The van der Waals surface area contributed by atoms with Crippen LogP contribution in [-0.4, -0.2) is 25.8 Å². The van der Waals surface area contributed by atoms with Crippen molar-refractivity contribution < 1.29 is 9.47 Å². The molecular weight excluding hydrogens is 262 g/mol. The third-order valence-corrected chi connectivity index (χ3v) is 4.87. The Bertz CT molecular complexity index is 474. The molecule has 0 spiro atoms. The molecule has 1 aliphatic heterocycles. The Labute approximate surface area is 128 Å². The van der Waals surface area contributed by atoms with Crippen molar-refractivity contribution in [1.29, 1.82) is 0 Å². The first-order valence-corrected chi connectivity index (χ1v) is 8.46. The van der Waals surface area contributed by atoms with Crippen LogP contribution in [0.15, 0.2) is 18.2 Å². The number of fused-ring (bicyclic) bond motifs is 1. The SMILES string of the molecule is CCCNC1CC(c2ccc3c(c2)OCCCO3)C1CC. The van der Waals surface area contributed by atoms with E-state index < -0.39 is 0 Å². The maximum Gasteiger partial charge on any atom is 0.161 e. The molecule has 3 rings (SSSR count). The molecule has 0 bridgehead atoms. The second kappa shape index (κ2) is 6.69. The summed E-state index contributed by atoms with van der Waals surface area (Å²) in [5.74, 6) is 3.26. The Morgan fingerprint density at radius 2 is 1.95 bits per heavy atom. The molecule has 1 aromatic carbocycles. The molecule has 0 saturated heterocycles. The van der Waals surface area contributed by atoms with E-state index in [-0.39, 0.29) is 0 Å². The maximum atomic E-state index is 5.83. The summed E-state index contributed by atoms with van der Waals surface area (Å²) >= 11 is 0. The van der Waals surface area contributed by atoms with Crippen LogP contribution in [0, 0.1) is 5.92 Å². The van der Waals surface area contributed by atoms with E-state index in [2.05, 4.69) is 37.4 Å². The van der Waals surface area contributed by atoms with Crippen LogP contribution in [0.25, 0.3) is 0 Å². The van der Waals surface area contributed by atoms with Crippen molar-refractivity contribution in [2.24, 2.45) is 5.92 Å². The zero-order valence-corrected chi connectivity index (χ0v) is 13.2. The van der Waals surface area contributed by atoms with Crippen molar-refractivity contribution in [1.82, 2.24) is 5.32 Å². The molecule has 3 heteroatoms. The standard InChI is InChI=1S/C18H27NO2/c1-3-8-19-16-12-15(14(16)4-2)13-6-7-17-18(11-13)21-10-5-9-20-17/h6-7,11,14-16,19H,3-5,8-10,12H2,1-2H3. The minimum atomic E-state index is 0.668. The van der Waals surface area contributed by atoms with Gasteiger partial charge in [0, 0.05) is 12.5 Å². The van der Waals surface area contributed by atoms with Gasteiger partial charge in [0.1, 0.15) is 0 Å². The number of nitrogens with one attached hydrogen (secondary N) is 1. The van der Waals surface area contributed by atoms with Gasteiger partial charge in [-0.05, 0) is 48.9 Å². The number of ether oxygens (including phenoxy) is 2. The van der Waals surface area contributed by atoms with Gasteiger partial charge in [-0.2, -0.15) is 0 Å². The molecule has 116 valence electrons. The van der Waals surface area contributed by atoms with E-state index in [0.29, 0.717) is 12.0 Å². The number of rotatable bonds is 5. The predicted molar refractivity (Wildman–Crippen MR) is 85.3 cm³/mol. The number of hydrogen-bond acceptors (Lipinski definition) is 3. The van der Waals surface area contributed by atoms with E-state index in [1.165, 1.54) is 24.8 Å². The molecular formula is C18H27NO2. The normalized spacial score (nSPS) is 27.8. The topological polar surface area (TPSA) is 30.5 Å². The van der Waals surface area contributed by atoms with Crippen molar-refractivity contribution in [3.63, 3.8) is 0 Å². The summed E-state index contributed by atoms with van der Waals surface area (Å²) in [5.41, 5.74) is 1.42. The van der Waals surface area contributed by atoms with Crippen LogP contribution in [0.5, 0.6) is 11.5 Å². The molecule has 0 amide bonds. The van der Waals surface area contributed by atoms with Gasteiger partial charge in [0.2, 0.25) is 0 Å². The molecule has 1 fully saturated rings. The highest BCUT2D eigenvalue weighted by molar-refractivity contribution is 5.45. The van der Waals surface area contributed by atoms with E-state index >= 15 is 0 Å². The molecule has 1 saturated carbocycles. The van der Waals surface area contributed by atoms with Crippen molar-refractivity contribution in [3.8, 4) is 11.5 Å². The average Bonchev–Trinajstić information content (AvgIpc) is 2.71. The zero-order chi connectivity index (χ0) is 14.7. The monoisotopic (exact) mass is 289 g/mol. The van der Waals surface area contributed by atoms with Crippen molar-refractivity contribution in [3.05, 3.63) is 23.8 Å². The van der Waals surface area contributed by atoms with E-state index in [9.17, 15) is 0 Å². The number of benzene rings is 1. The minimum Gasteiger partial charge on any atom is -0.490 e. The van der Waals surface area contributed by atoms with Crippen LogP contribution in [0.2, 0.25) is 0 Å². The fourth-order valence-electron chi connectivity index (χ4n) is 3.64. The summed E-state index contributed by atoms with van der Waals surface area (Å²) in [6.07, 6.45) is 4.66. The Morgan fingerprint density at radius 1 is 1.14 bits per heavy atom. The largest absolute Gasteiger partial charge is 0.490 e. The molecule has 3 atom stereocenters. The second-order valence-corrected chi connectivity index (χ2v) is 6.23. The first kappa shape index (κ1) is 14.7. The van der Waals surface area contributed by atoms with Gasteiger partial charge in [-0.1, -0.05) is 26.3 Å².